The summed E-state index contributed by atoms with van der Waals surface area (Å²) in [4.78, 5) is 15.1. The van der Waals surface area contributed by atoms with E-state index in [0.717, 1.165) is 78.1 Å². The highest BCUT2D eigenvalue weighted by Crippen LogP contribution is 2.40. The number of aromatic nitrogens is 3. The molecule has 0 radical (unpaired) electrons. The van der Waals surface area contributed by atoms with E-state index in [4.69, 9.17) is 23.8 Å². The Kier molecular flexibility index (Phi) is 7.13. The molecule has 1 atom stereocenters. The van der Waals surface area contributed by atoms with Gasteiger partial charge in [0, 0.05) is 43.7 Å². The van der Waals surface area contributed by atoms with E-state index >= 15 is 0 Å². The van der Waals surface area contributed by atoms with Crippen molar-refractivity contribution >= 4 is 49.5 Å². The second-order valence-corrected chi connectivity index (χ2v) is 13.1. The Hall–Kier alpha value is -6.33. The summed E-state index contributed by atoms with van der Waals surface area (Å²) in [6.07, 6.45) is 15.9. The third-order valence-corrected chi connectivity index (χ3v) is 9.56. The fourth-order valence-electron chi connectivity index (χ4n) is 6.86. The summed E-state index contributed by atoms with van der Waals surface area (Å²) in [7, 11) is 0. The Labute approximate surface area is 289 Å². The summed E-state index contributed by atoms with van der Waals surface area (Å²) in [5.74, 6) is 1.89. The number of hydrogen-bond donors (Lipinski definition) is 0. The molecule has 3 aromatic heterocycles. The molecule has 0 spiro atoms. The molecule has 0 saturated heterocycles. The lowest BCUT2D eigenvalue weighted by molar-refractivity contribution is 0.558. The second-order valence-electron chi connectivity index (χ2n) is 13.1. The largest absolute Gasteiger partial charge is 0.456 e. The van der Waals surface area contributed by atoms with E-state index in [1.54, 1.807) is 0 Å². The lowest BCUT2D eigenvalue weighted by Crippen LogP contribution is -2.12. The number of nitrogens with zero attached hydrogens (tertiary/aromatic N) is 3. The molecule has 0 aliphatic heterocycles. The van der Waals surface area contributed by atoms with Gasteiger partial charge in [-0.1, -0.05) is 122 Å². The van der Waals surface area contributed by atoms with Crippen LogP contribution in [0.1, 0.15) is 26.1 Å². The average Bonchev–Trinajstić information content (AvgIpc) is 3.73. The maximum Gasteiger partial charge on any atom is 0.164 e. The van der Waals surface area contributed by atoms with Crippen LogP contribution in [0.15, 0.2) is 161 Å². The average molecular weight is 648 g/mol. The summed E-state index contributed by atoms with van der Waals surface area (Å²) < 4.78 is 12.7. The first-order valence-corrected chi connectivity index (χ1v) is 16.9. The third kappa shape index (κ3) is 5.24. The fourth-order valence-corrected chi connectivity index (χ4v) is 6.86. The van der Waals surface area contributed by atoms with Crippen LogP contribution in [-0.2, 0) is 0 Å². The summed E-state index contributed by atoms with van der Waals surface area (Å²) in [5.41, 5.74) is 8.22. The van der Waals surface area contributed by atoms with Crippen LogP contribution in [0.25, 0.3) is 83.4 Å². The molecule has 8 aromatic rings. The molecule has 0 bridgehead atoms. The van der Waals surface area contributed by atoms with Crippen molar-refractivity contribution in [3.63, 3.8) is 0 Å². The molecule has 1 unspecified atom stereocenters. The second kappa shape index (κ2) is 12.0. The van der Waals surface area contributed by atoms with E-state index in [-0.39, 0.29) is 5.41 Å². The van der Waals surface area contributed by atoms with E-state index in [2.05, 4.69) is 91.9 Å². The molecule has 0 amide bonds. The summed E-state index contributed by atoms with van der Waals surface area (Å²) in [6, 6.07) is 37.1. The van der Waals surface area contributed by atoms with Crippen molar-refractivity contribution in [1.29, 1.82) is 0 Å². The number of para-hydroxylation sites is 1. The number of hydrogen-bond acceptors (Lipinski definition) is 5. The first kappa shape index (κ1) is 29.8. The zero-order chi connectivity index (χ0) is 33.7. The molecule has 50 heavy (non-hydrogen) atoms. The molecule has 5 nitrogen and oxygen atoms in total. The molecule has 0 saturated carbocycles. The lowest BCUT2D eigenvalue weighted by Gasteiger charge is -2.24. The number of rotatable bonds is 6. The van der Waals surface area contributed by atoms with Crippen LogP contribution in [0.2, 0.25) is 0 Å². The highest BCUT2D eigenvalue weighted by atomic mass is 16.3. The molecule has 3 heterocycles. The highest BCUT2D eigenvalue weighted by Gasteiger charge is 2.23. The van der Waals surface area contributed by atoms with Crippen LogP contribution >= 0.6 is 0 Å². The Balaban J connectivity index is 1.15. The summed E-state index contributed by atoms with van der Waals surface area (Å²) >= 11 is 0. The van der Waals surface area contributed by atoms with Gasteiger partial charge in [-0.2, -0.15) is 0 Å². The number of fused-ring (bicyclic) bond motifs is 6. The molecule has 0 fully saturated rings. The first-order chi connectivity index (χ1) is 24.5. The normalized spacial score (nSPS) is 16.5. The first-order valence-electron chi connectivity index (χ1n) is 16.9. The van der Waals surface area contributed by atoms with Crippen LogP contribution < -0.4 is 0 Å². The molecule has 0 N–H and O–H groups in total. The minimum absolute atomic E-state index is 0.0703. The van der Waals surface area contributed by atoms with Gasteiger partial charge in [-0.15, -0.1) is 0 Å². The van der Waals surface area contributed by atoms with Crippen molar-refractivity contribution in [2.75, 3.05) is 0 Å². The van der Waals surface area contributed by atoms with Gasteiger partial charge in [0.1, 0.15) is 22.3 Å². The Morgan fingerprint density at radius 2 is 1.28 bits per heavy atom. The zero-order valence-electron chi connectivity index (χ0n) is 27.8. The van der Waals surface area contributed by atoms with E-state index in [9.17, 15) is 0 Å². The van der Waals surface area contributed by atoms with Gasteiger partial charge < -0.3 is 8.83 Å². The van der Waals surface area contributed by atoms with Gasteiger partial charge in [0.2, 0.25) is 0 Å². The van der Waals surface area contributed by atoms with Gasteiger partial charge in [0.15, 0.2) is 17.5 Å². The van der Waals surface area contributed by atoms with Gasteiger partial charge in [-0.3, -0.25) is 0 Å². The maximum atomic E-state index is 6.51. The topological polar surface area (TPSA) is 65.0 Å². The molecular weight excluding hydrogens is 615 g/mol. The van der Waals surface area contributed by atoms with Gasteiger partial charge in [-0.25, -0.2) is 15.0 Å². The van der Waals surface area contributed by atoms with Crippen LogP contribution in [0.5, 0.6) is 0 Å². The molecular formula is C45H33N3O2. The van der Waals surface area contributed by atoms with Gasteiger partial charge in [0.05, 0.1) is 0 Å². The number of benzene rings is 5. The minimum atomic E-state index is -0.0703. The van der Waals surface area contributed by atoms with Gasteiger partial charge in [0.25, 0.3) is 0 Å². The van der Waals surface area contributed by atoms with Crippen molar-refractivity contribution in [3.8, 4) is 33.9 Å². The Morgan fingerprint density at radius 3 is 2.08 bits per heavy atom. The van der Waals surface area contributed by atoms with Crippen molar-refractivity contribution < 1.29 is 8.83 Å². The monoisotopic (exact) mass is 647 g/mol. The van der Waals surface area contributed by atoms with Gasteiger partial charge in [-0.05, 0) is 60.9 Å². The number of allylic oxidation sites excluding steroid dienone is 8. The van der Waals surface area contributed by atoms with Crippen molar-refractivity contribution in [3.05, 3.63) is 158 Å². The molecule has 9 rings (SSSR count). The van der Waals surface area contributed by atoms with Gasteiger partial charge >= 0.3 is 0 Å². The van der Waals surface area contributed by atoms with E-state index in [0.29, 0.717) is 17.5 Å². The van der Waals surface area contributed by atoms with E-state index in [1.807, 2.05) is 73.7 Å². The molecule has 5 aromatic carbocycles. The van der Waals surface area contributed by atoms with Crippen molar-refractivity contribution in [2.45, 2.75) is 20.3 Å². The molecule has 1 aliphatic carbocycles. The fraction of sp³-hybridized carbons (Fsp3) is 0.0889. The molecule has 1 aliphatic rings. The summed E-state index contributed by atoms with van der Waals surface area (Å²) in [5, 5.41) is 4.22. The summed E-state index contributed by atoms with van der Waals surface area (Å²) in [6.45, 7) is 4.26. The van der Waals surface area contributed by atoms with E-state index in [1.165, 1.54) is 0 Å². The predicted octanol–water partition coefficient (Wildman–Crippen LogP) is 12.2. The molecule has 5 heteroatoms. The van der Waals surface area contributed by atoms with Crippen LogP contribution in [0, 0.1) is 5.41 Å². The Bertz CT molecular complexity index is 2710. The van der Waals surface area contributed by atoms with Crippen LogP contribution in [0.4, 0.5) is 0 Å². The van der Waals surface area contributed by atoms with Crippen molar-refractivity contribution in [1.82, 2.24) is 15.0 Å². The zero-order valence-corrected chi connectivity index (χ0v) is 27.8. The quantitative estimate of drug-likeness (QED) is 0.168. The SMILES string of the molecule is C/C=C\C=C/C1(C)C=CC(c2nc(-c3ccccc3)nc(-c3cccc4oc5cc(-c6ccc7c(c6)oc6ccccc67)ccc5c34)n2)=CC1. The third-order valence-electron chi connectivity index (χ3n) is 9.56. The van der Waals surface area contributed by atoms with Crippen LogP contribution in [0.3, 0.4) is 0 Å². The molecule has 240 valence electrons. The van der Waals surface area contributed by atoms with Crippen molar-refractivity contribution in [2.24, 2.45) is 5.41 Å². The Morgan fingerprint density at radius 1 is 0.600 bits per heavy atom. The van der Waals surface area contributed by atoms with E-state index < -0.39 is 0 Å². The highest BCUT2D eigenvalue weighted by molar-refractivity contribution is 6.13. The predicted molar refractivity (Wildman–Crippen MR) is 204 cm³/mol. The minimum Gasteiger partial charge on any atom is -0.456 e. The smallest absolute Gasteiger partial charge is 0.164 e. The standard InChI is InChI=1S/C45H33N3O2/c1-3-4-10-24-45(2)25-22-30(23-26-45)43-46-42(29-12-6-5-7-13-29)47-44(48-43)36-15-11-17-38-41(36)35-21-19-32(28-40(35)50-38)31-18-20-34-33-14-8-9-16-37(33)49-39(34)27-31/h3-25,27-28H,26H2,1-2H3/b4-3-,24-10-. The maximum absolute atomic E-state index is 6.51. The lowest BCUT2D eigenvalue weighted by atomic mass is 9.81. The number of furan rings is 2. The van der Waals surface area contributed by atoms with Crippen LogP contribution in [-0.4, -0.2) is 15.0 Å².